The van der Waals surface area contributed by atoms with Crippen molar-refractivity contribution in [3.8, 4) is 5.75 Å². The first-order chi connectivity index (χ1) is 31.5. The number of pyridine rings is 1. The first-order valence-corrected chi connectivity index (χ1v) is 22.9. The molecule has 0 aliphatic carbocycles. The molecule has 0 spiro atoms. The Morgan fingerprint density at radius 3 is 1.07 bits per heavy atom. The van der Waals surface area contributed by atoms with Gasteiger partial charge in [-0.2, -0.15) is 8.78 Å². The van der Waals surface area contributed by atoms with Crippen molar-refractivity contribution >= 4 is 23.2 Å². The van der Waals surface area contributed by atoms with E-state index >= 15 is 0 Å². The molecule has 1 heterocycles. The number of aromatic nitrogens is 1. The Bertz CT molecular complexity index is 2190. The third kappa shape index (κ3) is 31.3. The molecule has 0 saturated carbocycles. The number of hydrogen-bond donors (Lipinski definition) is 0. The molecular formula is C60H76Cl2F5NO. The number of hydrogen-bond acceptors (Lipinski definition) is 2. The minimum atomic E-state index is -3.11. The molecule has 0 fully saturated rings. The van der Waals surface area contributed by atoms with E-state index in [0.717, 1.165) is 53.1 Å². The third-order valence-corrected chi connectivity index (χ3v) is 10.9. The van der Waals surface area contributed by atoms with Crippen LogP contribution in [0.3, 0.4) is 0 Å². The molecule has 0 atom stereocenters. The highest BCUT2D eigenvalue weighted by atomic mass is 35.5. The van der Waals surface area contributed by atoms with E-state index in [9.17, 15) is 22.0 Å². The molecule has 7 rings (SSSR count). The molecule has 7 aromatic rings. The minimum Gasteiger partial charge on any atom is -0.433 e. The summed E-state index contributed by atoms with van der Waals surface area (Å²) in [7, 11) is 0. The lowest BCUT2D eigenvalue weighted by Crippen LogP contribution is -2.19. The summed E-state index contributed by atoms with van der Waals surface area (Å²) < 4.78 is 63.8. The van der Waals surface area contributed by atoms with E-state index in [0.29, 0.717) is 5.56 Å². The summed E-state index contributed by atoms with van der Waals surface area (Å²) in [6.45, 7) is 28.7. The molecule has 69 heavy (non-hydrogen) atoms. The second-order valence-electron chi connectivity index (χ2n) is 16.7. The van der Waals surface area contributed by atoms with Crippen molar-refractivity contribution < 1.29 is 26.7 Å². The van der Waals surface area contributed by atoms with E-state index in [1.54, 1.807) is 50.5 Å². The maximum absolute atomic E-state index is 12.6. The molecule has 1 aromatic heterocycles. The molecule has 9 heteroatoms. The van der Waals surface area contributed by atoms with Crippen LogP contribution in [0, 0.1) is 95.8 Å². The van der Waals surface area contributed by atoms with Crippen LogP contribution in [0.1, 0.15) is 101 Å². The summed E-state index contributed by atoms with van der Waals surface area (Å²) in [5.41, 5.74) is 15.4. The van der Waals surface area contributed by atoms with Gasteiger partial charge in [0.25, 0.3) is 0 Å². The van der Waals surface area contributed by atoms with E-state index in [1.807, 2.05) is 64.1 Å². The highest BCUT2D eigenvalue weighted by Crippen LogP contribution is 2.24. The average Bonchev–Trinajstić information content (AvgIpc) is 3.25. The Balaban J connectivity index is 0. The Hall–Kier alpha value is -5.50. The zero-order chi connectivity index (χ0) is 52.2. The van der Waals surface area contributed by atoms with Crippen molar-refractivity contribution in [3.63, 3.8) is 0 Å². The van der Waals surface area contributed by atoms with Gasteiger partial charge in [0.05, 0.1) is 5.02 Å². The van der Waals surface area contributed by atoms with E-state index in [2.05, 4.69) is 119 Å². The van der Waals surface area contributed by atoms with Crippen LogP contribution in [-0.2, 0) is 0 Å². The molecular weight excluding hydrogens is 917 g/mol. The van der Waals surface area contributed by atoms with Gasteiger partial charge >= 0.3 is 6.11 Å². The molecule has 0 unspecified atom stereocenters. The zero-order valence-electron chi connectivity index (χ0n) is 42.9. The monoisotopic (exact) mass is 992 g/mol. The highest BCUT2D eigenvalue weighted by molar-refractivity contribution is 6.31. The van der Waals surface area contributed by atoms with E-state index in [1.165, 1.54) is 56.6 Å². The maximum Gasteiger partial charge on any atom is 0.394 e. The molecule has 6 aromatic carbocycles. The Labute approximate surface area is 423 Å². The number of nitrogens with zero attached hydrogens (tertiary/aromatic N) is 1. The van der Waals surface area contributed by atoms with Gasteiger partial charge in [0.1, 0.15) is 11.6 Å². The van der Waals surface area contributed by atoms with Crippen LogP contribution in [0.2, 0.25) is 10.0 Å². The second kappa shape index (κ2) is 33.9. The lowest BCUT2D eigenvalue weighted by molar-refractivity contribution is -0.159. The standard InChI is InChI=1S/C9H10F2O.C9H12.C8H9Cl.C8H9F.C8H10.C7H8ClN.C7H8.C3H6F2.CH4/c1-7-5-3-4-6-8(7)12-9(2,10)11;1-7-5-4-6-8(2)9(7)3;2*1-6-4-3-5-8(9)7(6)2;1-7-5-3-4-6-8(7)2;1-5-3-9-4-7(8)6(5)2;1-7-5-3-2-4-6-7;1-3(2,4)5;/h3-6H,1-2H3;4-6H,1-3H3;2*3-5H,1-2H3;3-6H,1-2H3;3-4H,1-2H3;2-6H,1H3;1-2H3;1H4. The minimum absolute atomic E-state index is 0. The largest absolute Gasteiger partial charge is 0.433 e. The van der Waals surface area contributed by atoms with Crippen LogP contribution in [-0.4, -0.2) is 17.0 Å². The van der Waals surface area contributed by atoms with Crippen molar-refractivity contribution in [1.82, 2.24) is 4.98 Å². The number of rotatable bonds is 2. The molecule has 376 valence electrons. The Morgan fingerprint density at radius 2 is 0.754 bits per heavy atom. The first kappa shape index (κ1) is 65.6. The van der Waals surface area contributed by atoms with Crippen molar-refractivity contribution in [2.45, 2.75) is 130 Å². The predicted octanol–water partition coefficient (Wildman–Crippen LogP) is 19.9. The lowest BCUT2D eigenvalue weighted by Gasteiger charge is -2.14. The van der Waals surface area contributed by atoms with E-state index < -0.39 is 12.0 Å². The predicted molar refractivity (Wildman–Crippen MR) is 289 cm³/mol. The molecule has 2 nitrogen and oxygen atoms in total. The van der Waals surface area contributed by atoms with Crippen LogP contribution in [0.4, 0.5) is 22.0 Å². The number of para-hydroxylation sites is 1. The van der Waals surface area contributed by atoms with Gasteiger partial charge in [-0.05, 0) is 189 Å². The van der Waals surface area contributed by atoms with Crippen molar-refractivity contribution in [3.05, 3.63) is 234 Å². The summed E-state index contributed by atoms with van der Waals surface area (Å²) in [5, 5.41) is 1.60. The number of halogens is 7. The number of alkyl halides is 4. The summed E-state index contributed by atoms with van der Waals surface area (Å²) in [5.74, 6) is -2.39. The van der Waals surface area contributed by atoms with Gasteiger partial charge in [-0.1, -0.05) is 151 Å². The molecule has 0 aliphatic heterocycles. The fourth-order valence-corrected chi connectivity index (χ4v) is 5.41. The summed E-state index contributed by atoms with van der Waals surface area (Å²) in [6.07, 6.45) is 0.358. The van der Waals surface area contributed by atoms with Gasteiger partial charge in [0, 0.05) is 24.3 Å². The van der Waals surface area contributed by atoms with Crippen LogP contribution < -0.4 is 4.74 Å². The maximum atomic E-state index is 12.6. The van der Waals surface area contributed by atoms with Crippen molar-refractivity contribution in [1.29, 1.82) is 0 Å². The van der Waals surface area contributed by atoms with Crippen LogP contribution in [0.15, 0.2) is 146 Å². The Morgan fingerprint density at radius 1 is 0.391 bits per heavy atom. The van der Waals surface area contributed by atoms with Crippen LogP contribution in [0.25, 0.3) is 0 Å². The summed E-state index contributed by atoms with van der Waals surface area (Å²) in [4.78, 5) is 3.91. The Kier molecular flexibility index (Phi) is 32.2. The number of aryl methyl sites for hydroxylation is 9. The fraction of sp³-hybridized carbons (Fsp3) is 0.317. The molecule has 0 saturated heterocycles. The van der Waals surface area contributed by atoms with Gasteiger partial charge in [-0.3, -0.25) is 4.98 Å². The third-order valence-electron chi connectivity index (χ3n) is 10.1. The van der Waals surface area contributed by atoms with E-state index in [-0.39, 0.29) is 19.0 Å². The summed E-state index contributed by atoms with van der Waals surface area (Å²) >= 11 is 11.6. The van der Waals surface area contributed by atoms with Crippen molar-refractivity contribution in [2.75, 3.05) is 0 Å². The van der Waals surface area contributed by atoms with Gasteiger partial charge in [0.15, 0.2) is 0 Å². The van der Waals surface area contributed by atoms with Gasteiger partial charge in [0.2, 0.25) is 5.92 Å². The highest BCUT2D eigenvalue weighted by Gasteiger charge is 2.23. The molecule has 0 bridgehead atoms. The lowest BCUT2D eigenvalue weighted by atomic mass is 10.1. The summed E-state index contributed by atoms with van der Waals surface area (Å²) in [6, 6.07) is 42.7. The fourth-order valence-electron chi connectivity index (χ4n) is 4.99. The van der Waals surface area contributed by atoms with E-state index in [4.69, 9.17) is 23.2 Å². The average molecular weight is 993 g/mol. The first-order valence-electron chi connectivity index (χ1n) is 22.1. The number of benzene rings is 6. The van der Waals surface area contributed by atoms with Crippen LogP contribution >= 0.6 is 23.2 Å². The second-order valence-corrected chi connectivity index (χ2v) is 17.5. The van der Waals surface area contributed by atoms with Gasteiger partial charge in [-0.15, -0.1) is 0 Å². The van der Waals surface area contributed by atoms with Gasteiger partial charge in [-0.25, -0.2) is 13.2 Å². The topological polar surface area (TPSA) is 22.1 Å². The normalized spacial score (nSPS) is 9.84. The molecule has 0 aliphatic rings. The SMILES string of the molecule is C.CC(C)(F)F.Cc1cccc(C)c1C.Cc1cccc(Cl)c1C.Cc1cccc(F)c1C.Cc1ccccc1.Cc1ccccc1C.Cc1ccccc1OC(C)(F)F.Cc1cncc(Cl)c1C. The number of ether oxygens (including phenoxy) is 1. The molecule has 0 radical (unpaired) electrons. The van der Waals surface area contributed by atoms with Crippen molar-refractivity contribution in [2.24, 2.45) is 0 Å². The molecule has 0 amide bonds. The quantitative estimate of drug-likeness (QED) is 0.161. The van der Waals surface area contributed by atoms with Crippen LogP contribution in [0.5, 0.6) is 5.75 Å². The zero-order valence-corrected chi connectivity index (χ0v) is 44.4. The van der Waals surface area contributed by atoms with Gasteiger partial charge < -0.3 is 4.74 Å². The smallest absolute Gasteiger partial charge is 0.394 e. The molecule has 0 N–H and O–H groups in total.